The van der Waals surface area contributed by atoms with Crippen molar-refractivity contribution >= 4 is 53.1 Å². The molecule has 0 aliphatic carbocycles. The van der Waals surface area contributed by atoms with Gasteiger partial charge in [-0.1, -0.05) is 23.2 Å². The van der Waals surface area contributed by atoms with Crippen molar-refractivity contribution in [2.45, 2.75) is 19.3 Å². The fourth-order valence-corrected chi connectivity index (χ4v) is 2.90. The lowest BCUT2D eigenvalue weighted by Gasteiger charge is -2.31. The largest absolute Gasteiger partial charge is 0.343 e. The smallest absolute Gasteiger partial charge is 0.227 e. The Bertz CT molecular complexity index is 576. The Balaban J connectivity index is 0.00000288. The van der Waals surface area contributed by atoms with E-state index in [1.54, 1.807) is 18.2 Å². The number of carbonyl (C=O) groups is 2. The van der Waals surface area contributed by atoms with Gasteiger partial charge < -0.3 is 15.5 Å². The molecule has 1 aromatic rings. The number of rotatable bonds is 5. The van der Waals surface area contributed by atoms with Crippen LogP contribution in [-0.2, 0) is 9.59 Å². The minimum Gasteiger partial charge on any atom is -0.343 e. The molecule has 0 unspecified atom stereocenters. The highest BCUT2D eigenvalue weighted by Crippen LogP contribution is 2.26. The second kappa shape index (κ2) is 10.1. The number of likely N-dealkylation sites (tertiary alicyclic amines) is 1. The third-order valence-electron chi connectivity index (χ3n) is 3.99. The Kier molecular flexibility index (Phi) is 8.84. The van der Waals surface area contributed by atoms with E-state index in [-0.39, 0.29) is 30.1 Å². The predicted molar refractivity (Wildman–Crippen MR) is 100 cm³/mol. The summed E-state index contributed by atoms with van der Waals surface area (Å²) in [6.45, 7) is 1.93. The van der Waals surface area contributed by atoms with Gasteiger partial charge in [0, 0.05) is 37.7 Å². The Morgan fingerprint density at radius 2 is 1.88 bits per heavy atom. The van der Waals surface area contributed by atoms with Gasteiger partial charge >= 0.3 is 0 Å². The maximum Gasteiger partial charge on any atom is 0.227 e. The normalized spacial score (nSPS) is 14.9. The lowest BCUT2D eigenvalue weighted by atomic mass is 9.95. The van der Waals surface area contributed by atoms with Crippen LogP contribution >= 0.6 is 35.6 Å². The van der Waals surface area contributed by atoms with Gasteiger partial charge in [0.05, 0.1) is 10.0 Å². The van der Waals surface area contributed by atoms with Gasteiger partial charge in [-0.3, -0.25) is 9.59 Å². The number of carbonyl (C=O) groups excluding carboxylic acids is 2. The number of piperidine rings is 1. The van der Waals surface area contributed by atoms with E-state index >= 15 is 0 Å². The first kappa shape index (κ1) is 21.0. The number of anilines is 1. The highest BCUT2D eigenvalue weighted by atomic mass is 35.5. The summed E-state index contributed by atoms with van der Waals surface area (Å²) in [6, 6.07) is 5.02. The zero-order valence-electron chi connectivity index (χ0n) is 13.5. The number of nitrogens with zero attached hydrogens (tertiary/aromatic N) is 1. The van der Waals surface area contributed by atoms with E-state index in [0.29, 0.717) is 54.6 Å². The zero-order chi connectivity index (χ0) is 16.8. The minimum absolute atomic E-state index is 0. The van der Waals surface area contributed by atoms with Crippen LogP contribution in [0.15, 0.2) is 18.2 Å². The molecule has 0 atom stereocenters. The summed E-state index contributed by atoms with van der Waals surface area (Å²) in [6.07, 6.45) is 1.85. The van der Waals surface area contributed by atoms with E-state index in [9.17, 15) is 9.59 Å². The molecular weight excluding hydrogens is 373 g/mol. The molecule has 1 aliphatic rings. The zero-order valence-corrected chi connectivity index (χ0v) is 15.8. The maximum absolute atomic E-state index is 12.3. The third kappa shape index (κ3) is 5.81. The molecule has 0 bridgehead atoms. The average Bonchev–Trinajstić information content (AvgIpc) is 2.56. The fraction of sp³-hybridized carbons (Fsp3) is 0.500. The van der Waals surface area contributed by atoms with Crippen LogP contribution in [0.3, 0.4) is 0 Å². The average molecular weight is 395 g/mol. The number of benzene rings is 1. The van der Waals surface area contributed by atoms with Gasteiger partial charge in [0.1, 0.15) is 0 Å². The Hall–Kier alpha value is -1.01. The topological polar surface area (TPSA) is 61.4 Å². The first-order valence-corrected chi connectivity index (χ1v) is 8.45. The van der Waals surface area contributed by atoms with Gasteiger partial charge in [-0.2, -0.15) is 0 Å². The lowest BCUT2D eigenvalue weighted by molar-refractivity contribution is -0.134. The number of hydrogen-bond acceptors (Lipinski definition) is 3. The molecule has 2 amide bonds. The van der Waals surface area contributed by atoms with Crippen molar-refractivity contribution in [2.75, 3.05) is 32.0 Å². The standard InChI is InChI=1S/C16H21Cl2N3O2.ClH/c1-19-7-4-15(22)21-8-5-11(6-9-21)16(23)20-12-2-3-13(17)14(18)10-12;/h2-3,10-11,19H,4-9H2,1H3,(H,20,23);1H. The SMILES string of the molecule is CNCCC(=O)N1CCC(C(=O)Nc2ccc(Cl)c(Cl)c2)CC1.Cl. The minimum atomic E-state index is -0.0854. The van der Waals surface area contributed by atoms with E-state index < -0.39 is 0 Å². The van der Waals surface area contributed by atoms with Gasteiger partial charge in [-0.25, -0.2) is 0 Å². The van der Waals surface area contributed by atoms with Crippen molar-refractivity contribution in [1.29, 1.82) is 0 Å². The fourth-order valence-electron chi connectivity index (χ4n) is 2.60. The molecule has 2 rings (SSSR count). The van der Waals surface area contributed by atoms with Crippen molar-refractivity contribution < 1.29 is 9.59 Å². The van der Waals surface area contributed by atoms with Gasteiger partial charge in [0.15, 0.2) is 0 Å². The van der Waals surface area contributed by atoms with Crippen molar-refractivity contribution in [3.05, 3.63) is 28.2 Å². The molecule has 8 heteroatoms. The summed E-state index contributed by atoms with van der Waals surface area (Å²) >= 11 is 11.8. The van der Waals surface area contributed by atoms with Crippen LogP contribution in [0.5, 0.6) is 0 Å². The van der Waals surface area contributed by atoms with Gasteiger partial charge in [0.2, 0.25) is 11.8 Å². The van der Waals surface area contributed by atoms with Crippen molar-refractivity contribution in [3.8, 4) is 0 Å². The Labute approximate surface area is 158 Å². The summed E-state index contributed by atoms with van der Waals surface area (Å²) in [4.78, 5) is 26.1. The van der Waals surface area contributed by atoms with Crippen molar-refractivity contribution in [1.82, 2.24) is 10.2 Å². The van der Waals surface area contributed by atoms with Crippen LogP contribution < -0.4 is 10.6 Å². The molecule has 1 aliphatic heterocycles. The first-order valence-electron chi connectivity index (χ1n) is 7.69. The number of nitrogens with one attached hydrogen (secondary N) is 2. The highest BCUT2D eigenvalue weighted by molar-refractivity contribution is 6.42. The molecule has 0 spiro atoms. The van der Waals surface area contributed by atoms with Crippen molar-refractivity contribution in [3.63, 3.8) is 0 Å². The monoisotopic (exact) mass is 393 g/mol. The third-order valence-corrected chi connectivity index (χ3v) is 4.73. The number of halogens is 3. The van der Waals surface area contributed by atoms with E-state index in [2.05, 4.69) is 10.6 Å². The molecule has 0 radical (unpaired) electrons. The highest BCUT2D eigenvalue weighted by Gasteiger charge is 2.27. The molecule has 24 heavy (non-hydrogen) atoms. The predicted octanol–water partition coefficient (Wildman–Crippen LogP) is 3.20. The van der Waals surface area contributed by atoms with Crippen molar-refractivity contribution in [2.24, 2.45) is 5.92 Å². The summed E-state index contributed by atoms with van der Waals surface area (Å²) in [5.41, 5.74) is 0.636. The maximum atomic E-state index is 12.3. The van der Waals surface area contributed by atoms with Crippen LogP contribution in [0.25, 0.3) is 0 Å². The van der Waals surface area contributed by atoms with E-state index in [1.165, 1.54) is 0 Å². The molecule has 1 fully saturated rings. The number of amides is 2. The second-order valence-corrected chi connectivity index (χ2v) is 6.44. The molecular formula is C16H22Cl3N3O2. The van der Waals surface area contributed by atoms with Crippen LogP contribution in [0.1, 0.15) is 19.3 Å². The second-order valence-electron chi connectivity index (χ2n) is 5.63. The van der Waals surface area contributed by atoms with Gasteiger partial charge in [-0.15, -0.1) is 12.4 Å². The molecule has 0 aromatic heterocycles. The van der Waals surface area contributed by atoms with Gasteiger partial charge in [-0.05, 0) is 38.1 Å². The van der Waals surface area contributed by atoms with E-state index in [0.717, 1.165) is 0 Å². The summed E-state index contributed by atoms with van der Waals surface area (Å²) in [7, 11) is 1.83. The van der Waals surface area contributed by atoms with Crippen LogP contribution in [-0.4, -0.2) is 43.4 Å². The molecule has 5 nitrogen and oxygen atoms in total. The van der Waals surface area contributed by atoms with E-state index in [4.69, 9.17) is 23.2 Å². The molecule has 2 N–H and O–H groups in total. The molecule has 1 aromatic carbocycles. The van der Waals surface area contributed by atoms with Gasteiger partial charge in [0.25, 0.3) is 0 Å². The van der Waals surface area contributed by atoms with Crippen LogP contribution in [0.4, 0.5) is 5.69 Å². The Morgan fingerprint density at radius 1 is 1.21 bits per heavy atom. The quantitative estimate of drug-likeness (QED) is 0.806. The molecule has 1 heterocycles. The Morgan fingerprint density at radius 3 is 2.46 bits per heavy atom. The summed E-state index contributed by atoms with van der Waals surface area (Å²) in [5, 5.41) is 6.70. The molecule has 134 valence electrons. The van der Waals surface area contributed by atoms with Crippen LogP contribution in [0, 0.1) is 5.92 Å². The number of hydrogen-bond donors (Lipinski definition) is 2. The molecule has 1 saturated heterocycles. The first-order chi connectivity index (χ1) is 11.0. The molecule has 0 saturated carbocycles. The van der Waals surface area contributed by atoms with Crippen LogP contribution in [0.2, 0.25) is 10.0 Å². The summed E-state index contributed by atoms with van der Waals surface area (Å²) < 4.78 is 0. The lowest BCUT2D eigenvalue weighted by Crippen LogP contribution is -2.42. The summed E-state index contributed by atoms with van der Waals surface area (Å²) in [5.74, 6) is 0.0196. The van der Waals surface area contributed by atoms with E-state index in [1.807, 2.05) is 11.9 Å².